The standard InChI is InChI=1S/C30H43F3N4O/c1-5-7-11-27(34-29(38)25-9-8-10-26(22-25)30(31,32)33)28(23(3)6-2)37-16-13-24(14-17-37)12-15-36-20-18-35(4)19-21-36/h5,7-11,22,24H,6,12-21H2,1-4H3,(H,34,38)/b7-5-,27-11+,28-23-. The van der Waals surface area contributed by atoms with E-state index in [0.717, 1.165) is 88.5 Å². The molecule has 2 fully saturated rings. The van der Waals surface area contributed by atoms with Gasteiger partial charge in [-0.15, -0.1) is 0 Å². The van der Waals surface area contributed by atoms with Crippen LogP contribution in [0.1, 0.15) is 62.4 Å². The Kier molecular flexibility index (Phi) is 11.0. The molecule has 0 atom stereocenters. The molecule has 0 saturated carbocycles. The number of nitrogens with one attached hydrogen (secondary N) is 1. The molecule has 2 heterocycles. The van der Waals surface area contributed by atoms with Gasteiger partial charge in [0, 0.05) is 44.8 Å². The predicted molar refractivity (Wildman–Crippen MR) is 148 cm³/mol. The molecule has 2 saturated heterocycles. The molecule has 1 amide bonds. The molecule has 0 spiro atoms. The van der Waals surface area contributed by atoms with Crippen molar-refractivity contribution in [1.82, 2.24) is 20.0 Å². The first-order valence-corrected chi connectivity index (χ1v) is 13.8. The Hall–Kier alpha value is -2.58. The number of carbonyl (C=O) groups is 1. The van der Waals surface area contributed by atoms with Crippen LogP contribution in [0.2, 0.25) is 0 Å². The summed E-state index contributed by atoms with van der Waals surface area (Å²) in [6, 6.07) is 4.58. The van der Waals surface area contributed by atoms with E-state index in [-0.39, 0.29) is 5.56 Å². The van der Waals surface area contributed by atoms with Gasteiger partial charge < -0.3 is 20.0 Å². The van der Waals surface area contributed by atoms with E-state index in [1.165, 1.54) is 18.6 Å². The molecule has 0 bridgehead atoms. The number of nitrogens with zero attached hydrogens (tertiary/aromatic N) is 3. The van der Waals surface area contributed by atoms with Gasteiger partial charge in [-0.1, -0.05) is 25.1 Å². The third-order valence-corrected chi connectivity index (χ3v) is 7.73. The number of amides is 1. The van der Waals surface area contributed by atoms with Crippen molar-refractivity contribution in [3.8, 4) is 0 Å². The summed E-state index contributed by atoms with van der Waals surface area (Å²) >= 11 is 0. The fourth-order valence-electron chi connectivity index (χ4n) is 5.12. The summed E-state index contributed by atoms with van der Waals surface area (Å²) in [4.78, 5) is 20.4. The number of carbonyl (C=O) groups excluding carboxylic acids is 1. The largest absolute Gasteiger partial charge is 0.416 e. The first-order valence-electron chi connectivity index (χ1n) is 13.8. The number of benzene rings is 1. The summed E-state index contributed by atoms with van der Waals surface area (Å²) in [5, 5.41) is 2.94. The Morgan fingerprint density at radius 3 is 2.39 bits per heavy atom. The summed E-state index contributed by atoms with van der Waals surface area (Å²) in [5.74, 6) is 0.132. The lowest BCUT2D eigenvalue weighted by Gasteiger charge is -2.38. The van der Waals surface area contributed by atoms with Crippen molar-refractivity contribution in [2.24, 2.45) is 5.92 Å². The van der Waals surface area contributed by atoms with E-state index in [4.69, 9.17) is 0 Å². The first-order chi connectivity index (χ1) is 18.1. The first kappa shape index (κ1) is 30.0. The van der Waals surface area contributed by atoms with E-state index in [9.17, 15) is 18.0 Å². The number of allylic oxidation sites excluding steroid dienone is 4. The quantitative estimate of drug-likeness (QED) is 0.400. The van der Waals surface area contributed by atoms with E-state index >= 15 is 0 Å². The minimum Gasteiger partial charge on any atom is -0.370 e. The zero-order valence-electron chi connectivity index (χ0n) is 23.3. The highest BCUT2D eigenvalue weighted by Gasteiger charge is 2.31. The Morgan fingerprint density at radius 1 is 1.11 bits per heavy atom. The predicted octanol–water partition coefficient (Wildman–Crippen LogP) is 5.93. The van der Waals surface area contributed by atoms with Crippen LogP contribution in [0.5, 0.6) is 0 Å². The van der Waals surface area contributed by atoms with Crippen LogP contribution >= 0.6 is 0 Å². The average molecular weight is 533 g/mol. The molecule has 1 aromatic rings. The van der Waals surface area contributed by atoms with Crippen LogP contribution in [0, 0.1) is 5.92 Å². The second-order valence-electron chi connectivity index (χ2n) is 10.5. The highest BCUT2D eigenvalue weighted by molar-refractivity contribution is 5.96. The number of piperidine rings is 1. The van der Waals surface area contributed by atoms with E-state index in [1.54, 1.807) is 0 Å². The Morgan fingerprint density at radius 2 is 1.79 bits per heavy atom. The summed E-state index contributed by atoms with van der Waals surface area (Å²) in [7, 11) is 2.18. The Balaban J connectivity index is 1.70. The lowest BCUT2D eigenvalue weighted by molar-refractivity contribution is -0.137. The minimum absolute atomic E-state index is 0.0117. The van der Waals surface area contributed by atoms with Gasteiger partial charge >= 0.3 is 6.18 Å². The van der Waals surface area contributed by atoms with E-state index in [2.05, 4.69) is 40.9 Å². The van der Waals surface area contributed by atoms with Crippen molar-refractivity contribution in [2.75, 3.05) is 52.9 Å². The maximum atomic E-state index is 13.2. The van der Waals surface area contributed by atoms with Gasteiger partial charge in [0.05, 0.1) is 17.0 Å². The summed E-state index contributed by atoms with van der Waals surface area (Å²) in [6.07, 6.45) is 5.27. The molecule has 0 aliphatic carbocycles. The van der Waals surface area contributed by atoms with Crippen molar-refractivity contribution >= 4 is 5.91 Å². The number of hydrogen-bond acceptors (Lipinski definition) is 4. The van der Waals surface area contributed by atoms with E-state index in [1.807, 2.05) is 25.2 Å². The smallest absolute Gasteiger partial charge is 0.370 e. The van der Waals surface area contributed by atoms with Gasteiger partial charge in [-0.05, 0) is 88.9 Å². The summed E-state index contributed by atoms with van der Waals surface area (Å²) in [5.41, 5.74) is 1.90. The van der Waals surface area contributed by atoms with Gasteiger partial charge in [-0.3, -0.25) is 4.79 Å². The molecule has 2 aliphatic heterocycles. The third kappa shape index (κ3) is 8.46. The molecule has 1 N–H and O–H groups in total. The van der Waals surface area contributed by atoms with Crippen LogP contribution in [0.25, 0.3) is 0 Å². The van der Waals surface area contributed by atoms with Crippen molar-refractivity contribution in [2.45, 2.75) is 52.6 Å². The molecule has 0 aromatic heterocycles. The summed E-state index contributed by atoms with van der Waals surface area (Å²) < 4.78 is 39.7. The molecule has 38 heavy (non-hydrogen) atoms. The number of likely N-dealkylation sites (N-methyl/N-ethyl adjacent to an activating group) is 1. The highest BCUT2D eigenvalue weighted by Crippen LogP contribution is 2.31. The van der Waals surface area contributed by atoms with Crippen LogP contribution in [-0.4, -0.2) is 73.5 Å². The lowest BCUT2D eigenvalue weighted by Crippen LogP contribution is -2.45. The van der Waals surface area contributed by atoms with Crippen LogP contribution in [0.4, 0.5) is 13.2 Å². The molecule has 210 valence electrons. The summed E-state index contributed by atoms with van der Waals surface area (Å²) in [6.45, 7) is 13.5. The fraction of sp³-hybridized carbons (Fsp3) is 0.567. The Labute approximate surface area is 226 Å². The molecular weight excluding hydrogens is 489 g/mol. The van der Waals surface area contributed by atoms with E-state index < -0.39 is 17.6 Å². The second-order valence-corrected chi connectivity index (χ2v) is 10.5. The van der Waals surface area contributed by atoms with Crippen LogP contribution in [-0.2, 0) is 6.18 Å². The van der Waals surface area contributed by atoms with Crippen molar-refractivity contribution in [3.05, 3.63) is 70.6 Å². The third-order valence-electron chi connectivity index (χ3n) is 7.73. The van der Waals surface area contributed by atoms with E-state index in [0.29, 0.717) is 11.6 Å². The normalized spacial score (nSPS) is 19.7. The van der Waals surface area contributed by atoms with Gasteiger partial charge in [0.15, 0.2) is 0 Å². The molecule has 3 rings (SSSR count). The van der Waals surface area contributed by atoms with Gasteiger partial charge in [-0.2, -0.15) is 13.2 Å². The van der Waals surface area contributed by atoms with Crippen LogP contribution in [0.3, 0.4) is 0 Å². The monoisotopic (exact) mass is 532 g/mol. The highest BCUT2D eigenvalue weighted by atomic mass is 19.4. The molecule has 0 radical (unpaired) electrons. The average Bonchev–Trinajstić information content (AvgIpc) is 2.91. The van der Waals surface area contributed by atoms with Crippen molar-refractivity contribution in [3.63, 3.8) is 0 Å². The Bertz CT molecular complexity index is 1010. The number of piperazine rings is 1. The molecule has 8 heteroatoms. The number of rotatable bonds is 9. The van der Waals surface area contributed by atoms with Crippen LogP contribution < -0.4 is 5.32 Å². The van der Waals surface area contributed by atoms with Crippen molar-refractivity contribution < 1.29 is 18.0 Å². The lowest BCUT2D eigenvalue weighted by atomic mass is 9.92. The molecule has 0 unspecified atom stereocenters. The molecule has 1 aromatic carbocycles. The molecule has 2 aliphatic rings. The fourth-order valence-corrected chi connectivity index (χ4v) is 5.12. The van der Waals surface area contributed by atoms with Gasteiger partial charge in [-0.25, -0.2) is 0 Å². The van der Waals surface area contributed by atoms with Gasteiger partial charge in [0.2, 0.25) is 0 Å². The SMILES string of the molecule is C\C=C/C=C(NC(=O)c1cccc(C(F)(F)F)c1)\C(=C(/C)CC)N1CCC(CCN2CCN(C)CC2)CC1. The number of halogens is 3. The number of alkyl halides is 3. The van der Waals surface area contributed by atoms with Crippen molar-refractivity contribution in [1.29, 1.82) is 0 Å². The minimum atomic E-state index is -4.50. The van der Waals surface area contributed by atoms with Gasteiger partial charge in [0.25, 0.3) is 5.91 Å². The zero-order valence-corrected chi connectivity index (χ0v) is 23.3. The number of likely N-dealkylation sites (tertiary alicyclic amines) is 1. The molecule has 5 nitrogen and oxygen atoms in total. The number of hydrogen-bond donors (Lipinski definition) is 1. The topological polar surface area (TPSA) is 38.8 Å². The van der Waals surface area contributed by atoms with Crippen LogP contribution in [0.15, 0.2) is 59.5 Å². The second kappa shape index (κ2) is 14.0. The molecular formula is C30H43F3N4O. The van der Waals surface area contributed by atoms with Gasteiger partial charge in [0.1, 0.15) is 0 Å². The maximum absolute atomic E-state index is 13.2. The zero-order chi connectivity index (χ0) is 27.7. The maximum Gasteiger partial charge on any atom is 0.416 e.